The lowest BCUT2D eigenvalue weighted by atomic mass is 10.4. The Labute approximate surface area is 67.7 Å². The molecule has 0 radical (unpaired) electrons. The van der Waals surface area contributed by atoms with E-state index in [1.165, 1.54) is 11.3 Å². The number of thiophene rings is 1. The van der Waals surface area contributed by atoms with Crippen molar-refractivity contribution in [2.45, 2.75) is 10.8 Å². The summed E-state index contributed by atoms with van der Waals surface area (Å²) in [6, 6.07) is 1.76. The van der Waals surface area contributed by atoms with Crippen LogP contribution < -0.4 is 0 Å². The van der Waals surface area contributed by atoms with E-state index in [1.54, 1.807) is 6.07 Å². The fourth-order valence-corrected chi connectivity index (χ4v) is 2.09. The SMILES string of the molecule is OCc1cc(S)sc1Cl. The van der Waals surface area contributed by atoms with Gasteiger partial charge in [0, 0.05) is 5.56 Å². The van der Waals surface area contributed by atoms with Gasteiger partial charge in [0.05, 0.1) is 15.2 Å². The number of aliphatic hydroxyl groups excluding tert-OH is 1. The van der Waals surface area contributed by atoms with E-state index in [0.29, 0.717) is 4.34 Å². The molecule has 0 bridgehead atoms. The Bertz CT molecular complexity index is 209. The van der Waals surface area contributed by atoms with Crippen LogP contribution in [-0.2, 0) is 6.61 Å². The Morgan fingerprint density at radius 3 is 2.67 bits per heavy atom. The van der Waals surface area contributed by atoms with Crippen molar-refractivity contribution in [1.29, 1.82) is 0 Å². The number of hydrogen-bond acceptors (Lipinski definition) is 3. The standard InChI is InChI=1S/C5H5ClOS2/c6-5-3(2-7)1-4(8)9-5/h1,7-8H,2H2. The van der Waals surface area contributed by atoms with Gasteiger partial charge in [-0.05, 0) is 6.07 Å². The smallest absolute Gasteiger partial charge is 0.0995 e. The van der Waals surface area contributed by atoms with Crippen LogP contribution in [0.25, 0.3) is 0 Å². The number of thiol groups is 1. The van der Waals surface area contributed by atoms with E-state index in [2.05, 4.69) is 12.6 Å². The molecule has 0 aromatic carbocycles. The maximum absolute atomic E-state index is 8.62. The summed E-state index contributed by atoms with van der Waals surface area (Å²) in [5, 5.41) is 8.62. The highest BCUT2D eigenvalue weighted by molar-refractivity contribution is 7.83. The van der Waals surface area contributed by atoms with E-state index in [0.717, 1.165) is 9.77 Å². The van der Waals surface area contributed by atoms with E-state index >= 15 is 0 Å². The van der Waals surface area contributed by atoms with Gasteiger partial charge >= 0.3 is 0 Å². The van der Waals surface area contributed by atoms with Gasteiger partial charge in [-0.3, -0.25) is 0 Å². The topological polar surface area (TPSA) is 20.2 Å². The van der Waals surface area contributed by atoms with Crippen molar-refractivity contribution in [2.75, 3.05) is 0 Å². The molecule has 50 valence electrons. The van der Waals surface area contributed by atoms with Gasteiger partial charge in [0.1, 0.15) is 0 Å². The van der Waals surface area contributed by atoms with Crippen LogP contribution in [0.1, 0.15) is 5.56 Å². The zero-order valence-corrected chi connectivity index (χ0v) is 6.93. The Hall–Kier alpha value is 0.300. The Morgan fingerprint density at radius 2 is 2.44 bits per heavy atom. The predicted molar refractivity (Wildman–Crippen MR) is 42.5 cm³/mol. The van der Waals surface area contributed by atoms with E-state index < -0.39 is 0 Å². The molecule has 1 aromatic heterocycles. The maximum Gasteiger partial charge on any atom is 0.0995 e. The molecule has 0 aliphatic carbocycles. The molecule has 4 heteroatoms. The molecule has 0 atom stereocenters. The molecule has 0 aliphatic rings. The fraction of sp³-hybridized carbons (Fsp3) is 0.200. The maximum atomic E-state index is 8.62. The number of aliphatic hydroxyl groups is 1. The molecule has 1 N–H and O–H groups in total. The summed E-state index contributed by atoms with van der Waals surface area (Å²) in [6.07, 6.45) is 0. The van der Waals surface area contributed by atoms with E-state index in [-0.39, 0.29) is 6.61 Å². The van der Waals surface area contributed by atoms with Crippen molar-refractivity contribution in [2.24, 2.45) is 0 Å². The minimum Gasteiger partial charge on any atom is -0.392 e. The minimum absolute atomic E-state index is 0.00407. The third-order valence-corrected chi connectivity index (χ3v) is 2.56. The lowest BCUT2D eigenvalue weighted by Gasteiger charge is -1.85. The van der Waals surface area contributed by atoms with Gasteiger partial charge in [-0.25, -0.2) is 0 Å². The van der Waals surface area contributed by atoms with E-state index in [9.17, 15) is 0 Å². The van der Waals surface area contributed by atoms with Gasteiger partial charge in [0.25, 0.3) is 0 Å². The number of hydrogen-bond donors (Lipinski definition) is 2. The van der Waals surface area contributed by atoms with E-state index in [1.807, 2.05) is 0 Å². The Kier molecular flexibility index (Phi) is 2.41. The summed E-state index contributed by atoms with van der Waals surface area (Å²) >= 11 is 11.1. The van der Waals surface area contributed by atoms with Crippen molar-refractivity contribution >= 4 is 35.6 Å². The minimum atomic E-state index is -0.00407. The molecule has 0 amide bonds. The van der Waals surface area contributed by atoms with Crippen LogP contribution in [0, 0.1) is 0 Å². The van der Waals surface area contributed by atoms with Crippen LogP contribution >= 0.6 is 35.6 Å². The van der Waals surface area contributed by atoms with Crippen molar-refractivity contribution < 1.29 is 5.11 Å². The average molecular weight is 181 g/mol. The average Bonchev–Trinajstić information content (AvgIpc) is 2.10. The zero-order valence-electron chi connectivity index (χ0n) is 4.47. The third-order valence-electron chi connectivity index (χ3n) is 0.915. The highest BCUT2D eigenvalue weighted by Gasteiger charge is 2.01. The van der Waals surface area contributed by atoms with Crippen LogP contribution in [0.5, 0.6) is 0 Å². The summed E-state index contributed by atoms with van der Waals surface area (Å²) in [7, 11) is 0. The zero-order chi connectivity index (χ0) is 6.85. The summed E-state index contributed by atoms with van der Waals surface area (Å²) < 4.78 is 1.46. The predicted octanol–water partition coefficient (Wildman–Crippen LogP) is 2.18. The van der Waals surface area contributed by atoms with Gasteiger partial charge in [-0.2, -0.15) is 0 Å². The van der Waals surface area contributed by atoms with Crippen LogP contribution in [-0.4, -0.2) is 5.11 Å². The highest BCUT2D eigenvalue weighted by atomic mass is 35.5. The van der Waals surface area contributed by atoms with Crippen LogP contribution in [0.3, 0.4) is 0 Å². The van der Waals surface area contributed by atoms with Gasteiger partial charge in [-0.15, -0.1) is 24.0 Å². The molecule has 1 rings (SSSR count). The van der Waals surface area contributed by atoms with Gasteiger partial charge in [0.2, 0.25) is 0 Å². The molecular weight excluding hydrogens is 176 g/mol. The first-order chi connectivity index (χ1) is 4.24. The summed E-state index contributed by atoms with van der Waals surface area (Å²) in [4.78, 5) is 0. The fourth-order valence-electron chi connectivity index (χ4n) is 0.500. The molecule has 0 saturated carbocycles. The first-order valence-electron chi connectivity index (χ1n) is 2.32. The molecular formula is C5H5ClOS2. The van der Waals surface area contributed by atoms with Crippen molar-refractivity contribution in [3.63, 3.8) is 0 Å². The first-order valence-corrected chi connectivity index (χ1v) is 3.96. The number of rotatable bonds is 1. The molecule has 0 spiro atoms. The second kappa shape index (κ2) is 2.92. The van der Waals surface area contributed by atoms with Crippen molar-refractivity contribution in [3.05, 3.63) is 16.0 Å². The van der Waals surface area contributed by atoms with Crippen LogP contribution in [0.4, 0.5) is 0 Å². The molecule has 1 aromatic rings. The normalized spacial score (nSPS) is 10.1. The second-order valence-electron chi connectivity index (χ2n) is 1.54. The summed E-state index contributed by atoms with van der Waals surface area (Å²) in [5.41, 5.74) is 0.756. The molecule has 1 heterocycles. The molecule has 0 unspecified atom stereocenters. The van der Waals surface area contributed by atoms with Crippen LogP contribution in [0.2, 0.25) is 4.34 Å². The second-order valence-corrected chi connectivity index (χ2v) is 3.98. The van der Waals surface area contributed by atoms with Gasteiger partial charge in [-0.1, -0.05) is 11.6 Å². The number of halogens is 1. The Balaban J connectivity index is 3.01. The van der Waals surface area contributed by atoms with Gasteiger partial charge in [0.15, 0.2) is 0 Å². The monoisotopic (exact) mass is 180 g/mol. The molecule has 1 nitrogen and oxygen atoms in total. The summed E-state index contributed by atoms with van der Waals surface area (Å²) in [6.45, 7) is -0.00407. The van der Waals surface area contributed by atoms with Crippen molar-refractivity contribution in [3.8, 4) is 0 Å². The molecule has 0 aliphatic heterocycles. The quantitative estimate of drug-likeness (QED) is 0.635. The lowest BCUT2D eigenvalue weighted by Crippen LogP contribution is -1.75. The Morgan fingerprint density at radius 1 is 1.78 bits per heavy atom. The summed E-state index contributed by atoms with van der Waals surface area (Å²) in [5.74, 6) is 0. The van der Waals surface area contributed by atoms with Crippen LogP contribution in [0.15, 0.2) is 10.3 Å². The van der Waals surface area contributed by atoms with E-state index in [4.69, 9.17) is 16.7 Å². The lowest BCUT2D eigenvalue weighted by molar-refractivity contribution is 0.282. The largest absolute Gasteiger partial charge is 0.392 e. The first kappa shape index (κ1) is 7.41. The molecule has 0 saturated heterocycles. The molecule has 9 heavy (non-hydrogen) atoms. The molecule has 0 fully saturated rings. The highest BCUT2D eigenvalue weighted by Crippen LogP contribution is 2.29. The van der Waals surface area contributed by atoms with Gasteiger partial charge < -0.3 is 5.11 Å². The third kappa shape index (κ3) is 1.61. The van der Waals surface area contributed by atoms with Crippen molar-refractivity contribution in [1.82, 2.24) is 0 Å².